The average molecular weight is 564 g/mol. The lowest BCUT2D eigenvalue weighted by molar-refractivity contribution is -0.123. The Morgan fingerprint density at radius 1 is 1.03 bits per heavy atom. The maximum atomic E-state index is 12.4. The number of hydrogen-bond acceptors (Lipinski definition) is 6. The standard InChI is InChI=1S/C30H27Cl2N3O4/c1-3-7-22-14-20(15-27(37-4-2)30(22)39-18-23-11-12-24(31)16-25(23)32)17-34-35-28(36)19-38-26-10-5-8-21-9-6-13-33-29(21)26/h3,5-6,8-17H,1,4,7,18-19H2,2H3,(H,35,36)/b34-17+. The normalized spacial score (nSPS) is 10.9. The largest absolute Gasteiger partial charge is 0.490 e. The van der Waals surface area contributed by atoms with Gasteiger partial charge in [0.25, 0.3) is 5.91 Å². The number of hydrogen-bond donors (Lipinski definition) is 1. The highest BCUT2D eigenvalue weighted by atomic mass is 35.5. The average Bonchev–Trinajstić information content (AvgIpc) is 2.92. The van der Waals surface area contributed by atoms with Crippen molar-refractivity contribution < 1.29 is 19.0 Å². The summed E-state index contributed by atoms with van der Waals surface area (Å²) in [4.78, 5) is 16.7. The Morgan fingerprint density at radius 2 is 1.87 bits per heavy atom. The molecule has 4 aromatic rings. The molecule has 0 radical (unpaired) electrons. The fourth-order valence-electron chi connectivity index (χ4n) is 3.83. The lowest BCUT2D eigenvalue weighted by atomic mass is 10.1. The maximum absolute atomic E-state index is 12.4. The number of amides is 1. The quantitative estimate of drug-likeness (QED) is 0.117. The van der Waals surface area contributed by atoms with Crippen molar-refractivity contribution in [1.29, 1.82) is 0 Å². The van der Waals surface area contributed by atoms with Crippen LogP contribution in [0.4, 0.5) is 0 Å². The van der Waals surface area contributed by atoms with Gasteiger partial charge in [-0.3, -0.25) is 9.78 Å². The third-order valence-corrected chi connectivity index (χ3v) is 6.15. The van der Waals surface area contributed by atoms with Crippen LogP contribution < -0.4 is 19.6 Å². The van der Waals surface area contributed by atoms with Gasteiger partial charge in [-0.1, -0.05) is 53.5 Å². The first-order chi connectivity index (χ1) is 19.0. The molecule has 1 N–H and O–H groups in total. The fraction of sp³-hybridized carbons (Fsp3) is 0.167. The third kappa shape index (κ3) is 7.50. The second-order valence-corrected chi connectivity index (χ2v) is 9.21. The first kappa shape index (κ1) is 28.0. The van der Waals surface area contributed by atoms with Crippen LogP contribution in [0.3, 0.4) is 0 Å². The predicted molar refractivity (Wildman–Crippen MR) is 155 cm³/mol. The van der Waals surface area contributed by atoms with Crippen molar-refractivity contribution in [1.82, 2.24) is 10.4 Å². The number of nitrogens with zero attached hydrogens (tertiary/aromatic N) is 2. The van der Waals surface area contributed by atoms with Gasteiger partial charge >= 0.3 is 0 Å². The molecule has 0 bridgehead atoms. The molecule has 0 unspecified atom stereocenters. The van der Waals surface area contributed by atoms with E-state index >= 15 is 0 Å². The molecular formula is C30H27Cl2N3O4. The predicted octanol–water partition coefficient (Wildman–Crippen LogP) is 6.78. The highest BCUT2D eigenvalue weighted by molar-refractivity contribution is 6.35. The van der Waals surface area contributed by atoms with Crippen LogP contribution in [0, 0.1) is 0 Å². The van der Waals surface area contributed by atoms with Crippen LogP contribution in [-0.2, 0) is 17.8 Å². The zero-order chi connectivity index (χ0) is 27.6. The number of aromatic nitrogens is 1. The van der Waals surface area contributed by atoms with Crippen molar-refractivity contribution in [3.8, 4) is 17.2 Å². The summed E-state index contributed by atoms with van der Waals surface area (Å²) in [6.45, 7) is 6.20. The Hall–Kier alpha value is -4.07. The number of halogens is 2. The van der Waals surface area contributed by atoms with E-state index in [-0.39, 0.29) is 13.2 Å². The molecule has 9 heteroatoms. The van der Waals surface area contributed by atoms with Gasteiger partial charge < -0.3 is 14.2 Å². The molecule has 3 aromatic carbocycles. The molecule has 0 fully saturated rings. The molecule has 0 atom stereocenters. The van der Waals surface area contributed by atoms with E-state index in [2.05, 4.69) is 22.1 Å². The minimum Gasteiger partial charge on any atom is -0.490 e. The van der Waals surface area contributed by atoms with Gasteiger partial charge in [-0.05, 0) is 55.3 Å². The smallest absolute Gasteiger partial charge is 0.277 e. The van der Waals surface area contributed by atoms with Gasteiger partial charge in [0.2, 0.25) is 0 Å². The summed E-state index contributed by atoms with van der Waals surface area (Å²) in [6.07, 6.45) is 5.52. The van der Waals surface area contributed by atoms with E-state index in [9.17, 15) is 4.79 Å². The van der Waals surface area contributed by atoms with E-state index in [4.69, 9.17) is 37.4 Å². The van der Waals surface area contributed by atoms with Gasteiger partial charge in [0.15, 0.2) is 18.1 Å². The number of carbonyl (C=O) groups excluding carboxylic acids is 1. The molecule has 0 aliphatic rings. The molecule has 1 heterocycles. The van der Waals surface area contributed by atoms with Gasteiger partial charge in [-0.25, -0.2) is 5.43 Å². The molecule has 0 saturated heterocycles. The number of ether oxygens (including phenoxy) is 3. The molecule has 0 aliphatic carbocycles. The van der Waals surface area contributed by atoms with Crippen LogP contribution in [0.15, 0.2) is 84.6 Å². The lowest BCUT2D eigenvalue weighted by Gasteiger charge is -2.17. The zero-order valence-electron chi connectivity index (χ0n) is 21.3. The summed E-state index contributed by atoms with van der Waals surface area (Å²) in [6, 6.07) is 18.3. The number of para-hydroxylation sites is 1. The van der Waals surface area contributed by atoms with Crippen molar-refractivity contribution in [2.75, 3.05) is 13.2 Å². The van der Waals surface area contributed by atoms with Gasteiger partial charge in [0, 0.05) is 32.8 Å². The number of fused-ring (bicyclic) bond motifs is 1. The number of rotatable bonds is 12. The lowest BCUT2D eigenvalue weighted by Crippen LogP contribution is -2.24. The maximum Gasteiger partial charge on any atom is 0.277 e. The number of carbonyl (C=O) groups is 1. The number of hydrazone groups is 1. The van der Waals surface area contributed by atoms with Gasteiger partial charge in [0.1, 0.15) is 17.9 Å². The molecule has 200 valence electrons. The summed E-state index contributed by atoms with van der Waals surface area (Å²) in [5.41, 5.74) is 5.54. The Kier molecular flexibility index (Phi) is 9.78. The summed E-state index contributed by atoms with van der Waals surface area (Å²) in [7, 11) is 0. The van der Waals surface area contributed by atoms with E-state index in [0.717, 1.165) is 16.5 Å². The minimum absolute atomic E-state index is 0.209. The first-order valence-electron chi connectivity index (χ1n) is 12.2. The Labute approximate surface area is 237 Å². The summed E-state index contributed by atoms with van der Waals surface area (Å²) in [5.74, 6) is 1.25. The highest BCUT2D eigenvalue weighted by Crippen LogP contribution is 2.35. The van der Waals surface area contributed by atoms with Crippen molar-refractivity contribution >= 4 is 46.2 Å². The second kappa shape index (κ2) is 13.6. The van der Waals surface area contributed by atoms with Crippen molar-refractivity contribution in [3.63, 3.8) is 0 Å². The number of benzene rings is 3. The van der Waals surface area contributed by atoms with Crippen LogP contribution in [0.25, 0.3) is 10.9 Å². The van der Waals surface area contributed by atoms with Crippen LogP contribution in [0.2, 0.25) is 10.0 Å². The summed E-state index contributed by atoms with van der Waals surface area (Å²) < 4.78 is 17.7. The molecule has 0 aliphatic heterocycles. The Bertz CT molecular complexity index is 1500. The van der Waals surface area contributed by atoms with E-state index < -0.39 is 5.91 Å². The highest BCUT2D eigenvalue weighted by Gasteiger charge is 2.14. The van der Waals surface area contributed by atoms with E-state index in [1.807, 2.05) is 43.3 Å². The Balaban J connectivity index is 1.44. The molecule has 0 spiro atoms. The summed E-state index contributed by atoms with van der Waals surface area (Å²) >= 11 is 12.3. The third-order valence-electron chi connectivity index (χ3n) is 5.56. The number of allylic oxidation sites excluding steroid dienone is 1. The van der Waals surface area contributed by atoms with Gasteiger partial charge in [-0.15, -0.1) is 6.58 Å². The zero-order valence-corrected chi connectivity index (χ0v) is 22.8. The number of pyridine rings is 1. The molecule has 1 amide bonds. The van der Waals surface area contributed by atoms with E-state index in [0.29, 0.717) is 51.4 Å². The summed E-state index contributed by atoms with van der Waals surface area (Å²) in [5, 5.41) is 6.09. The van der Waals surface area contributed by atoms with Crippen molar-refractivity contribution in [2.24, 2.45) is 5.10 Å². The van der Waals surface area contributed by atoms with Crippen LogP contribution in [-0.4, -0.2) is 30.3 Å². The van der Waals surface area contributed by atoms with Gasteiger partial charge in [0.05, 0.1) is 12.8 Å². The topological polar surface area (TPSA) is 82.0 Å². The molecule has 4 rings (SSSR count). The van der Waals surface area contributed by atoms with Gasteiger partial charge in [-0.2, -0.15) is 5.10 Å². The molecule has 0 saturated carbocycles. The van der Waals surface area contributed by atoms with Crippen LogP contribution in [0.5, 0.6) is 17.2 Å². The SMILES string of the molecule is C=CCc1cc(/C=N/NC(=O)COc2cccc3cccnc23)cc(OCC)c1OCc1ccc(Cl)cc1Cl. The van der Waals surface area contributed by atoms with Crippen molar-refractivity contribution in [3.05, 3.63) is 106 Å². The monoisotopic (exact) mass is 563 g/mol. The fourth-order valence-corrected chi connectivity index (χ4v) is 4.29. The van der Waals surface area contributed by atoms with Crippen molar-refractivity contribution in [2.45, 2.75) is 20.0 Å². The molecule has 1 aromatic heterocycles. The molecule has 7 nitrogen and oxygen atoms in total. The van der Waals surface area contributed by atoms with Crippen LogP contribution >= 0.6 is 23.2 Å². The minimum atomic E-state index is -0.407. The van der Waals surface area contributed by atoms with E-state index in [1.165, 1.54) is 6.21 Å². The Morgan fingerprint density at radius 3 is 2.67 bits per heavy atom. The molecular weight excluding hydrogens is 537 g/mol. The number of nitrogens with one attached hydrogen (secondary N) is 1. The first-order valence-corrected chi connectivity index (χ1v) is 13.0. The van der Waals surface area contributed by atoms with Crippen LogP contribution in [0.1, 0.15) is 23.6 Å². The second-order valence-electron chi connectivity index (χ2n) is 8.37. The molecule has 39 heavy (non-hydrogen) atoms. The van der Waals surface area contributed by atoms with E-state index in [1.54, 1.807) is 36.5 Å².